The molecule has 11 heteroatoms. The highest BCUT2D eigenvalue weighted by atomic mass is 32.2. The van der Waals surface area contributed by atoms with Crippen LogP contribution in [0, 0.1) is 5.82 Å². The van der Waals surface area contributed by atoms with E-state index in [2.05, 4.69) is 20.9 Å². The second-order valence-electron chi connectivity index (χ2n) is 8.37. The van der Waals surface area contributed by atoms with Gasteiger partial charge in [-0.1, -0.05) is 6.07 Å². The van der Waals surface area contributed by atoms with Crippen molar-refractivity contribution in [2.24, 2.45) is 0 Å². The number of H-pyrrole nitrogens is 1. The van der Waals surface area contributed by atoms with Crippen LogP contribution >= 0.6 is 11.8 Å². The second-order valence-corrected chi connectivity index (χ2v) is 9.51. The van der Waals surface area contributed by atoms with E-state index in [1.165, 1.54) is 30.3 Å². The van der Waals surface area contributed by atoms with E-state index in [0.29, 0.717) is 32.4 Å². The van der Waals surface area contributed by atoms with Crippen LogP contribution in [0.1, 0.15) is 28.8 Å². The first-order chi connectivity index (χ1) is 16.7. The molecule has 0 aliphatic carbocycles. The molecule has 186 valence electrons. The maximum atomic E-state index is 13.6. The number of thioether (sulfide) groups is 1. The average Bonchev–Trinajstić information content (AvgIpc) is 3.20. The van der Waals surface area contributed by atoms with Crippen LogP contribution in [0.3, 0.4) is 0 Å². The summed E-state index contributed by atoms with van der Waals surface area (Å²) < 4.78 is 51.8. The second kappa shape index (κ2) is 10.3. The Balaban J connectivity index is 1.44. The molecular weight excluding hydrogens is 484 g/mol. The number of halogens is 4. The van der Waals surface area contributed by atoms with Gasteiger partial charge < -0.3 is 20.9 Å². The van der Waals surface area contributed by atoms with Gasteiger partial charge in [0.2, 0.25) is 5.91 Å². The van der Waals surface area contributed by atoms with E-state index in [0.717, 1.165) is 22.5 Å². The Kier molecular flexibility index (Phi) is 7.36. The fourth-order valence-electron chi connectivity index (χ4n) is 4.22. The number of aromatic nitrogens is 1. The quantitative estimate of drug-likeness (QED) is 0.286. The highest BCUT2D eigenvalue weighted by Crippen LogP contribution is 2.37. The van der Waals surface area contributed by atoms with Gasteiger partial charge in [-0.3, -0.25) is 9.59 Å². The van der Waals surface area contributed by atoms with Gasteiger partial charge in [0.25, 0.3) is 5.91 Å². The van der Waals surface area contributed by atoms with E-state index in [9.17, 15) is 27.2 Å². The number of benzene rings is 2. The Morgan fingerprint density at radius 2 is 1.86 bits per heavy atom. The summed E-state index contributed by atoms with van der Waals surface area (Å²) in [5, 5.41) is 9.53. The van der Waals surface area contributed by atoms with Crippen LogP contribution in [0.25, 0.3) is 10.9 Å². The van der Waals surface area contributed by atoms with Gasteiger partial charge in [0.1, 0.15) is 11.4 Å². The third-order valence-corrected chi connectivity index (χ3v) is 6.70. The predicted molar refractivity (Wildman–Crippen MR) is 126 cm³/mol. The van der Waals surface area contributed by atoms with E-state index in [-0.39, 0.29) is 40.5 Å². The average molecular weight is 509 g/mol. The first-order valence-corrected chi connectivity index (χ1v) is 11.9. The topological polar surface area (TPSA) is 86.0 Å². The van der Waals surface area contributed by atoms with Crippen molar-refractivity contribution in [1.82, 2.24) is 20.9 Å². The maximum Gasteiger partial charge on any atom is 0.446 e. The third-order valence-electron chi connectivity index (χ3n) is 5.98. The van der Waals surface area contributed by atoms with Crippen molar-refractivity contribution in [3.8, 4) is 0 Å². The largest absolute Gasteiger partial charge is 0.446 e. The number of nitrogens with one attached hydrogen (secondary N) is 4. The Bertz CT molecular complexity index is 1220. The van der Waals surface area contributed by atoms with Crippen molar-refractivity contribution in [1.29, 1.82) is 0 Å². The van der Waals surface area contributed by atoms with Crippen molar-refractivity contribution in [2.45, 2.75) is 35.2 Å². The summed E-state index contributed by atoms with van der Waals surface area (Å²) in [5.41, 5.74) is -3.97. The van der Waals surface area contributed by atoms with Gasteiger partial charge in [0.05, 0.1) is 0 Å². The SMILES string of the molecule is O=C(NC1(C(=O)NCCc2c[nH]c3ccc(F)cc23)CCNCC1)c1cccc(SC(F)(F)F)c1. The van der Waals surface area contributed by atoms with Gasteiger partial charge in [-0.25, -0.2) is 4.39 Å². The van der Waals surface area contributed by atoms with E-state index in [1.54, 1.807) is 12.3 Å². The minimum atomic E-state index is -4.47. The zero-order chi connectivity index (χ0) is 25.1. The number of alkyl halides is 3. The number of aromatic amines is 1. The molecule has 1 saturated heterocycles. The molecule has 2 amide bonds. The first kappa shape index (κ1) is 25.1. The van der Waals surface area contributed by atoms with Crippen LogP contribution in [0.15, 0.2) is 53.6 Å². The molecule has 6 nitrogen and oxygen atoms in total. The fraction of sp³-hybridized carbons (Fsp3) is 0.333. The number of amides is 2. The lowest BCUT2D eigenvalue weighted by molar-refractivity contribution is -0.128. The van der Waals surface area contributed by atoms with Crippen LogP contribution in [0.5, 0.6) is 0 Å². The summed E-state index contributed by atoms with van der Waals surface area (Å²) in [7, 11) is 0. The molecule has 0 saturated carbocycles. The fourth-order valence-corrected chi connectivity index (χ4v) is 4.82. The third kappa shape index (κ3) is 6.15. The molecular formula is C24H24F4N4O2S. The van der Waals surface area contributed by atoms with Crippen LogP contribution in [0.4, 0.5) is 17.6 Å². The van der Waals surface area contributed by atoms with Gasteiger partial charge in [-0.15, -0.1) is 0 Å². The Morgan fingerprint density at radius 1 is 1.09 bits per heavy atom. The summed E-state index contributed by atoms with van der Waals surface area (Å²) in [6, 6.07) is 9.68. The number of hydrogen-bond acceptors (Lipinski definition) is 4. The first-order valence-electron chi connectivity index (χ1n) is 11.1. The molecule has 0 unspecified atom stereocenters. The minimum Gasteiger partial charge on any atom is -0.361 e. The van der Waals surface area contributed by atoms with Crippen molar-refractivity contribution in [3.63, 3.8) is 0 Å². The van der Waals surface area contributed by atoms with Crippen molar-refractivity contribution >= 4 is 34.5 Å². The van der Waals surface area contributed by atoms with Crippen molar-refractivity contribution in [2.75, 3.05) is 19.6 Å². The summed E-state index contributed by atoms with van der Waals surface area (Å²) in [6.45, 7) is 1.27. The van der Waals surface area contributed by atoms with Gasteiger partial charge in [0.15, 0.2) is 0 Å². The molecule has 4 N–H and O–H groups in total. The number of fused-ring (bicyclic) bond motifs is 1. The zero-order valence-corrected chi connectivity index (χ0v) is 19.4. The van der Waals surface area contributed by atoms with Crippen LogP contribution in [0.2, 0.25) is 0 Å². The lowest BCUT2D eigenvalue weighted by Crippen LogP contribution is -2.63. The molecule has 2 aromatic carbocycles. The lowest BCUT2D eigenvalue weighted by atomic mass is 9.86. The van der Waals surface area contributed by atoms with Crippen LogP contribution < -0.4 is 16.0 Å². The molecule has 2 heterocycles. The van der Waals surface area contributed by atoms with Gasteiger partial charge in [0, 0.05) is 34.1 Å². The molecule has 1 aromatic heterocycles. The monoisotopic (exact) mass is 508 g/mol. The number of carbonyl (C=O) groups excluding carboxylic acids is 2. The van der Waals surface area contributed by atoms with Gasteiger partial charge in [-0.2, -0.15) is 13.2 Å². The molecule has 4 rings (SSSR count). The van der Waals surface area contributed by atoms with E-state index >= 15 is 0 Å². The molecule has 1 aliphatic rings. The Labute approximate surface area is 203 Å². The number of piperidine rings is 1. The summed E-state index contributed by atoms with van der Waals surface area (Å²) in [6.07, 6.45) is 2.89. The standard InChI is InChI=1S/C24H24F4N4O2S/c25-17-4-5-20-19(13-17)16(14-31-20)6-9-30-22(34)23(7-10-29-11-8-23)32-21(33)15-2-1-3-18(12-15)35-24(26,27)28/h1-5,12-14,29,31H,6-11H2,(H,30,34)(H,32,33). The number of carbonyl (C=O) groups is 2. The zero-order valence-electron chi connectivity index (χ0n) is 18.6. The Morgan fingerprint density at radius 3 is 2.60 bits per heavy atom. The minimum absolute atomic E-state index is 0.0470. The number of hydrogen-bond donors (Lipinski definition) is 4. The molecule has 35 heavy (non-hydrogen) atoms. The normalized spacial score (nSPS) is 15.7. The van der Waals surface area contributed by atoms with E-state index in [1.807, 2.05) is 0 Å². The summed E-state index contributed by atoms with van der Waals surface area (Å²) in [5.74, 6) is -1.32. The van der Waals surface area contributed by atoms with Crippen LogP contribution in [-0.2, 0) is 11.2 Å². The predicted octanol–water partition coefficient (Wildman–Crippen LogP) is 4.13. The molecule has 3 aromatic rings. The maximum absolute atomic E-state index is 13.6. The van der Waals surface area contributed by atoms with Gasteiger partial charge >= 0.3 is 5.51 Å². The molecule has 0 radical (unpaired) electrons. The van der Waals surface area contributed by atoms with Gasteiger partial charge in [-0.05, 0) is 86.1 Å². The molecule has 0 atom stereocenters. The van der Waals surface area contributed by atoms with Crippen molar-refractivity contribution < 1.29 is 27.2 Å². The van der Waals surface area contributed by atoms with E-state index < -0.39 is 17.0 Å². The van der Waals surface area contributed by atoms with E-state index in [4.69, 9.17) is 0 Å². The summed E-state index contributed by atoms with van der Waals surface area (Å²) in [4.78, 5) is 29.1. The highest BCUT2D eigenvalue weighted by molar-refractivity contribution is 8.00. The molecule has 1 aliphatic heterocycles. The van der Waals surface area contributed by atoms with Crippen LogP contribution in [-0.4, -0.2) is 47.5 Å². The molecule has 0 bridgehead atoms. The lowest BCUT2D eigenvalue weighted by Gasteiger charge is -2.37. The molecule has 0 spiro atoms. The molecule has 1 fully saturated rings. The smallest absolute Gasteiger partial charge is 0.361 e. The summed E-state index contributed by atoms with van der Waals surface area (Å²) >= 11 is -0.300. The van der Waals surface area contributed by atoms with Crippen molar-refractivity contribution in [3.05, 3.63) is 65.6 Å². The Hall–Kier alpha value is -3.05. The highest BCUT2D eigenvalue weighted by Gasteiger charge is 2.41. The number of rotatable bonds is 7.